The van der Waals surface area contributed by atoms with Gasteiger partial charge in [0.15, 0.2) is 0 Å². The van der Waals surface area contributed by atoms with Crippen LogP contribution in [-0.2, 0) is 38.0 Å². The number of hydrogen-bond acceptors (Lipinski definition) is 6. The molecule has 2 aromatic carbocycles. The van der Waals surface area contributed by atoms with E-state index in [1.165, 1.54) is 3.97 Å². The normalized spacial score (nSPS) is 19.2. The van der Waals surface area contributed by atoms with Crippen LogP contribution in [0, 0.1) is 18.3 Å². The Hall–Kier alpha value is -3.34. The Morgan fingerprint density at radius 1 is 1.12 bits per heavy atom. The van der Waals surface area contributed by atoms with E-state index in [0.717, 1.165) is 28.3 Å². The fourth-order valence-electron chi connectivity index (χ4n) is 6.31. The highest BCUT2D eigenvalue weighted by atomic mass is 32.2. The Labute approximate surface area is 294 Å². The van der Waals surface area contributed by atoms with Crippen molar-refractivity contribution in [3.05, 3.63) is 88.9 Å². The predicted octanol–water partition coefficient (Wildman–Crippen LogP) is 7.64. The molecule has 3 unspecified atom stereocenters. The van der Waals surface area contributed by atoms with E-state index in [1.54, 1.807) is 25.3 Å². The van der Waals surface area contributed by atoms with Gasteiger partial charge in [-0.3, -0.25) is 0 Å². The average Bonchev–Trinajstić information content (AvgIpc) is 3.61. The van der Waals surface area contributed by atoms with E-state index < -0.39 is 44.1 Å². The number of imidazole rings is 1. The third kappa shape index (κ3) is 7.01. The number of allylic oxidation sites excluding steroid dienone is 3. The van der Waals surface area contributed by atoms with E-state index in [9.17, 15) is 17.9 Å². The summed E-state index contributed by atoms with van der Waals surface area (Å²) in [5, 5.41) is 10.4. The van der Waals surface area contributed by atoms with Crippen LogP contribution < -0.4 is 4.72 Å². The molecule has 1 aliphatic rings. The molecule has 1 aliphatic carbocycles. The summed E-state index contributed by atoms with van der Waals surface area (Å²) in [7, 11) is -6.82. The van der Waals surface area contributed by atoms with Gasteiger partial charge in [-0.1, -0.05) is 55.6 Å². The fourth-order valence-corrected chi connectivity index (χ4v) is 9.74. The first-order valence-electron chi connectivity index (χ1n) is 16.6. The van der Waals surface area contributed by atoms with E-state index >= 15 is 0 Å². The number of nitrogens with one attached hydrogen (secondary N) is 1. The minimum Gasteiger partial charge on any atom is -0.361 e. The molecule has 49 heavy (non-hydrogen) atoms. The summed E-state index contributed by atoms with van der Waals surface area (Å²) >= 11 is 0. The topological polar surface area (TPSA) is 119 Å². The molecule has 2 aromatic heterocycles. The highest BCUT2D eigenvalue weighted by Gasteiger charge is 2.43. The summed E-state index contributed by atoms with van der Waals surface area (Å²) in [5.74, 6) is 0.548. The summed E-state index contributed by atoms with van der Waals surface area (Å²) in [4.78, 5) is 5.11. The zero-order chi connectivity index (χ0) is 36.2. The van der Waals surface area contributed by atoms with Crippen molar-refractivity contribution in [3.8, 4) is 6.07 Å². The van der Waals surface area contributed by atoms with Gasteiger partial charge in [0, 0.05) is 26.3 Å². The maximum atomic E-state index is 14.4. The maximum Gasteiger partial charge on any atom is 0.248 e. The van der Waals surface area contributed by atoms with Gasteiger partial charge in [0.05, 0.1) is 43.9 Å². The van der Waals surface area contributed by atoms with Crippen molar-refractivity contribution in [3.63, 3.8) is 0 Å². The number of aryl methyl sites for hydroxylation is 1. The second-order valence-corrected chi connectivity index (χ2v) is 25.6. The first kappa shape index (κ1) is 36.9. The second-order valence-electron chi connectivity index (χ2n) is 15.8. The standard InChI is InChI=1S/C37H49N5O4S2Si/c1-26-12-11-18-36(6,23-26)48(44,45)42-19-17-29-30(15-13-27(2)33(29)42)37(7,40-47(43)35(3,4)5)34-39-31-22-28(24-38)14-16-32(31)41(34)25-46-20-21-49(8,9)10/h11-17,19,22-23,40H,18,20-21,25H2,1-10H3. The number of benzene rings is 2. The van der Waals surface area contributed by atoms with Crippen LogP contribution in [0.2, 0.25) is 25.7 Å². The summed E-state index contributed by atoms with van der Waals surface area (Å²) in [5.41, 5.74) is 3.66. The number of nitrogens with zero attached hydrogens (tertiary/aromatic N) is 4. The number of hydrogen-bond donors (Lipinski definition) is 1. The maximum absolute atomic E-state index is 14.4. The van der Waals surface area contributed by atoms with Crippen LogP contribution in [0.25, 0.3) is 21.9 Å². The summed E-state index contributed by atoms with van der Waals surface area (Å²) in [6, 6.07) is 14.3. The smallest absolute Gasteiger partial charge is 0.248 e. The minimum absolute atomic E-state index is 0.198. The number of nitriles is 1. The van der Waals surface area contributed by atoms with Crippen LogP contribution in [0.4, 0.5) is 0 Å². The molecular formula is C37H49N5O4S2Si. The molecule has 3 atom stereocenters. The number of ether oxygens (including phenoxy) is 1. The molecule has 0 bridgehead atoms. The first-order chi connectivity index (χ1) is 22.7. The van der Waals surface area contributed by atoms with E-state index in [2.05, 4.69) is 30.4 Å². The molecule has 0 saturated carbocycles. The lowest BCUT2D eigenvalue weighted by Gasteiger charge is -2.34. The highest BCUT2D eigenvalue weighted by molar-refractivity contribution is 7.91. The summed E-state index contributed by atoms with van der Waals surface area (Å²) in [6.45, 7) is 20.9. The lowest BCUT2D eigenvalue weighted by atomic mass is 9.88. The molecular weight excluding hydrogens is 671 g/mol. The van der Waals surface area contributed by atoms with Crippen molar-refractivity contribution in [2.45, 2.75) is 102 Å². The Kier molecular flexibility index (Phi) is 9.86. The van der Waals surface area contributed by atoms with Gasteiger partial charge in [0.2, 0.25) is 10.0 Å². The lowest BCUT2D eigenvalue weighted by Crippen LogP contribution is -2.48. The van der Waals surface area contributed by atoms with Gasteiger partial charge in [-0.15, -0.1) is 0 Å². The summed E-state index contributed by atoms with van der Waals surface area (Å²) < 4.78 is 54.3. The molecule has 0 amide bonds. The second kappa shape index (κ2) is 13.1. The van der Waals surface area contributed by atoms with Crippen molar-refractivity contribution in [1.82, 2.24) is 18.2 Å². The molecule has 0 aliphatic heterocycles. The highest BCUT2D eigenvalue weighted by Crippen LogP contribution is 2.40. The van der Waals surface area contributed by atoms with Crippen LogP contribution in [0.15, 0.2) is 66.4 Å². The predicted molar refractivity (Wildman–Crippen MR) is 203 cm³/mol. The average molecular weight is 720 g/mol. The quantitative estimate of drug-likeness (QED) is 0.126. The van der Waals surface area contributed by atoms with Crippen LogP contribution in [0.5, 0.6) is 0 Å². The zero-order valence-corrected chi connectivity index (χ0v) is 33.0. The van der Waals surface area contributed by atoms with Crippen molar-refractivity contribution < 1.29 is 17.4 Å². The molecule has 9 nitrogen and oxygen atoms in total. The Balaban J connectivity index is 1.77. The summed E-state index contributed by atoms with van der Waals surface area (Å²) in [6.07, 6.45) is 7.67. The SMILES string of the molecule is CC1=CC(C)(S(=O)(=O)n2ccc3c(C(C)(NS(=O)C(C)(C)C)c4nc5cc(C#N)ccc5n4COCC[Si](C)(C)C)ccc(C)c32)CC=C1. The minimum atomic E-state index is -3.90. The molecule has 0 radical (unpaired) electrons. The van der Waals surface area contributed by atoms with Gasteiger partial charge < -0.3 is 9.30 Å². The molecule has 12 heteroatoms. The zero-order valence-electron chi connectivity index (χ0n) is 30.3. The molecule has 2 heterocycles. The molecule has 0 fully saturated rings. The lowest BCUT2D eigenvalue weighted by molar-refractivity contribution is 0.0857. The monoisotopic (exact) mass is 719 g/mol. The van der Waals surface area contributed by atoms with Crippen LogP contribution in [0.3, 0.4) is 0 Å². The van der Waals surface area contributed by atoms with Gasteiger partial charge in [-0.2, -0.15) is 5.26 Å². The molecule has 1 N–H and O–H groups in total. The van der Waals surface area contributed by atoms with Crippen molar-refractivity contribution in [2.75, 3.05) is 6.61 Å². The van der Waals surface area contributed by atoms with Gasteiger partial charge in [0.1, 0.15) is 22.8 Å². The third-order valence-electron chi connectivity index (χ3n) is 9.23. The van der Waals surface area contributed by atoms with Crippen molar-refractivity contribution >= 4 is 51.0 Å². The Morgan fingerprint density at radius 3 is 2.47 bits per heavy atom. The number of rotatable bonds is 11. The first-order valence-corrected chi connectivity index (χ1v) is 22.9. The van der Waals surface area contributed by atoms with Crippen LogP contribution in [0.1, 0.15) is 70.5 Å². The molecule has 262 valence electrons. The van der Waals surface area contributed by atoms with Crippen molar-refractivity contribution in [2.24, 2.45) is 0 Å². The third-order valence-corrected chi connectivity index (χ3v) is 14.9. The largest absolute Gasteiger partial charge is 0.361 e. The Morgan fingerprint density at radius 2 is 1.84 bits per heavy atom. The molecule has 4 aromatic rings. The number of fused-ring (bicyclic) bond motifs is 2. The number of aromatic nitrogens is 3. The van der Waals surface area contributed by atoms with Crippen molar-refractivity contribution in [1.29, 1.82) is 5.26 Å². The van der Waals surface area contributed by atoms with Crippen LogP contribution >= 0.6 is 0 Å². The van der Waals surface area contributed by atoms with Crippen LogP contribution in [-0.4, -0.2) is 50.3 Å². The Bertz CT molecular complexity index is 2160. The van der Waals surface area contributed by atoms with E-state index in [0.29, 0.717) is 40.8 Å². The molecule has 0 saturated heterocycles. The van der Waals surface area contributed by atoms with Gasteiger partial charge in [0.25, 0.3) is 0 Å². The van der Waals surface area contributed by atoms with Gasteiger partial charge in [-0.05, 0) is 96.3 Å². The van der Waals surface area contributed by atoms with E-state index in [1.807, 2.05) is 88.6 Å². The molecule has 0 spiro atoms. The van der Waals surface area contributed by atoms with Gasteiger partial charge >= 0.3 is 0 Å². The van der Waals surface area contributed by atoms with E-state index in [4.69, 9.17) is 9.72 Å². The van der Waals surface area contributed by atoms with Gasteiger partial charge in [-0.25, -0.2) is 26.3 Å². The van der Waals surface area contributed by atoms with E-state index in [-0.39, 0.29) is 6.73 Å². The fraction of sp³-hybridized carbons (Fsp3) is 0.459. The molecule has 5 rings (SSSR count).